The first-order valence-electron chi connectivity index (χ1n) is 8.25. The fourth-order valence-electron chi connectivity index (χ4n) is 2.73. The molecule has 1 aromatic heterocycles. The molecule has 1 heterocycles. The van der Waals surface area contributed by atoms with E-state index in [1.54, 1.807) is 24.3 Å². The molecule has 1 amide bonds. The number of amides is 1. The van der Waals surface area contributed by atoms with Crippen LogP contribution in [-0.4, -0.2) is 22.5 Å². The van der Waals surface area contributed by atoms with Gasteiger partial charge >= 0.3 is 0 Å². The minimum absolute atomic E-state index is 0.0635. The molecular formula is C20H19FN2O3. The molecule has 3 rings (SSSR count). The predicted molar refractivity (Wildman–Crippen MR) is 98.4 cm³/mol. The van der Waals surface area contributed by atoms with Gasteiger partial charge in [-0.05, 0) is 56.3 Å². The van der Waals surface area contributed by atoms with Crippen molar-refractivity contribution in [1.29, 1.82) is 0 Å². The molecule has 0 unspecified atom stereocenters. The lowest BCUT2D eigenvalue weighted by Crippen LogP contribution is -2.12. The van der Waals surface area contributed by atoms with Crippen molar-refractivity contribution in [3.05, 3.63) is 60.0 Å². The number of aromatic nitrogens is 1. The van der Waals surface area contributed by atoms with E-state index in [0.29, 0.717) is 27.9 Å². The fourth-order valence-corrected chi connectivity index (χ4v) is 2.73. The van der Waals surface area contributed by atoms with Gasteiger partial charge in [-0.3, -0.25) is 14.2 Å². The summed E-state index contributed by atoms with van der Waals surface area (Å²) in [5, 5.41) is 3.30. The highest BCUT2D eigenvalue weighted by molar-refractivity contribution is 6.14. The molecule has 6 heteroatoms. The predicted octanol–water partition coefficient (Wildman–Crippen LogP) is 4.48. The van der Waals surface area contributed by atoms with E-state index in [9.17, 15) is 14.0 Å². The van der Waals surface area contributed by atoms with Crippen LogP contribution in [-0.2, 0) is 0 Å². The van der Waals surface area contributed by atoms with E-state index < -0.39 is 5.82 Å². The first-order valence-corrected chi connectivity index (χ1v) is 8.25. The van der Waals surface area contributed by atoms with Crippen molar-refractivity contribution in [2.24, 2.45) is 0 Å². The summed E-state index contributed by atoms with van der Waals surface area (Å²) in [4.78, 5) is 24.4. The number of ether oxygens (including phenoxy) is 1. The average molecular weight is 354 g/mol. The summed E-state index contributed by atoms with van der Waals surface area (Å²) in [6.45, 7) is 5.23. The van der Waals surface area contributed by atoms with Crippen LogP contribution in [0, 0.1) is 5.82 Å². The minimum atomic E-state index is -0.467. The summed E-state index contributed by atoms with van der Waals surface area (Å²) >= 11 is 0. The van der Waals surface area contributed by atoms with Crippen LogP contribution in [0.3, 0.4) is 0 Å². The first kappa shape index (κ1) is 17.7. The average Bonchev–Trinajstić information content (AvgIpc) is 2.95. The maximum atomic E-state index is 13.5. The lowest BCUT2D eigenvalue weighted by Gasteiger charge is -2.10. The Kier molecular flexibility index (Phi) is 4.75. The van der Waals surface area contributed by atoms with Crippen molar-refractivity contribution >= 4 is 28.4 Å². The molecule has 0 radical (unpaired) electrons. The molecule has 26 heavy (non-hydrogen) atoms. The highest BCUT2D eigenvalue weighted by atomic mass is 19.1. The van der Waals surface area contributed by atoms with Crippen molar-refractivity contribution in [1.82, 2.24) is 4.57 Å². The van der Waals surface area contributed by atoms with Gasteiger partial charge < -0.3 is 10.1 Å². The van der Waals surface area contributed by atoms with Crippen molar-refractivity contribution in [3.8, 4) is 5.75 Å². The molecule has 2 aromatic carbocycles. The summed E-state index contributed by atoms with van der Waals surface area (Å²) in [6.07, 6.45) is 1.49. The van der Waals surface area contributed by atoms with Gasteiger partial charge in [0.1, 0.15) is 11.6 Å². The van der Waals surface area contributed by atoms with Crippen LogP contribution in [0.15, 0.2) is 48.7 Å². The summed E-state index contributed by atoms with van der Waals surface area (Å²) in [5.74, 6) is -0.429. The zero-order chi connectivity index (χ0) is 18.8. The number of hydrogen-bond donors (Lipinski definition) is 1. The number of benzene rings is 2. The molecule has 3 aromatic rings. The van der Waals surface area contributed by atoms with Crippen LogP contribution >= 0.6 is 0 Å². The third kappa shape index (κ3) is 3.59. The number of carbonyl (C=O) groups is 2. The monoisotopic (exact) mass is 354 g/mol. The van der Waals surface area contributed by atoms with Crippen LogP contribution in [0.2, 0.25) is 0 Å². The minimum Gasteiger partial charge on any atom is -0.491 e. The number of nitrogens with zero attached hydrogens (tertiary/aromatic N) is 1. The topological polar surface area (TPSA) is 60.3 Å². The number of hydrogen-bond acceptors (Lipinski definition) is 3. The first-order chi connectivity index (χ1) is 12.3. The largest absolute Gasteiger partial charge is 0.491 e. The van der Waals surface area contributed by atoms with Crippen molar-refractivity contribution in [2.45, 2.75) is 26.9 Å². The van der Waals surface area contributed by atoms with Crippen molar-refractivity contribution < 1.29 is 18.7 Å². The SMILES string of the molecule is CC(=O)n1cc(C(=O)Nc2ccc(OC(C)C)cc2)c2ccc(F)cc21. The van der Waals surface area contributed by atoms with Gasteiger partial charge in [0.15, 0.2) is 0 Å². The Balaban J connectivity index is 1.89. The third-order valence-electron chi connectivity index (χ3n) is 3.84. The Morgan fingerprint density at radius 2 is 1.81 bits per heavy atom. The van der Waals surface area contributed by atoms with Gasteiger partial charge in [-0.15, -0.1) is 0 Å². The second kappa shape index (κ2) is 7.00. The number of halogens is 1. The molecule has 0 bridgehead atoms. The molecule has 0 aliphatic carbocycles. The van der Waals surface area contributed by atoms with Crippen molar-refractivity contribution in [3.63, 3.8) is 0 Å². The van der Waals surface area contributed by atoms with Gasteiger partial charge in [-0.2, -0.15) is 0 Å². The number of carbonyl (C=O) groups excluding carboxylic acids is 2. The number of nitrogens with one attached hydrogen (secondary N) is 1. The number of anilines is 1. The maximum Gasteiger partial charge on any atom is 0.257 e. The molecule has 134 valence electrons. The summed E-state index contributed by atoms with van der Waals surface area (Å²) in [6, 6.07) is 11.0. The van der Waals surface area contributed by atoms with E-state index in [1.807, 2.05) is 13.8 Å². The molecule has 0 aliphatic heterocycles. The van der Waals surface area contributed by atoms with Crippen LogP contribution in [0.1, 0.15) is 35.9 Å². The molecule has 0 saturated heterocycles. The van der Waals surface area contributed by atoms with Gasteiger partial charge in [-0.1, -0.05) is 0 Å². The Hall–Kier alpha value is -3.15. The molecule has 0 spiro atoms. The summed E-state index contributed by atoms with van der Waals surface area (Å²) < 4.78 is 20.4. The van der Waals surface area contributed by atoms with E-state index in [1.165, 1.54) is 35.9 Å². The van der Waals surface area contributed by atoms with Crippen LogP contribution in [0.25, 0.3) is 10.9 Å². The van der Waals surface area contributed by atoms with Gasteiger partial charge in [0.2, 0.25) is 5.91 Å². The molecule has 0 fully saturated rings. The van der Waals surface area contributed by atoms with Crippen LogP contribution < -0.4 is 10.1 Å². The molecule has 0 atom stereocenters. The van der Waals surface area contributed by atoms with Gasteiger partial charge in [0.05, 0.1) is 17.2 Å². The normalized spacial score (nSPS) is 11.0. The quantitative estimate of drug-likeness (QED) is 0.751. The number of fused-ring (bicyclic) bond motifs is 1. The van der Waals surface area contributed by atoms with E-state index >= 15 is 0 Å². The van der Waals surface area contributed by atoms with Crippen molar-refractivity contribution in [2.75, 3.05) is 5.32 Å². The molecule has 1 N–H and O–H groups in total. The lowest BCUT2D eigenvalue weighted by atomic mass is 10.1. The van der Waals surface area contributed by atoms with E-state index in [4.69, 9.17) is 4.74 Å². The molecule has 0 aliphatic rings. The Morgan fingerprint density at radius 1 is 1.12 bits per heavy atom. The molecule has 0 saturated carbocycles. The fraction of sp³-hybridized carbons (Fsp3) is 0.200. The molecule has 5 nitrogen and oxygen atoms in total. The second-order valence-electron chi connectivity index (χ2n) is 6.24. The Morgan fingerprint density at radius 3 is 2.42 bits per heavy atom. The number of rotatable bonds is 4. The van der Waals surface area contributed by atoms with Crippen LogP contribution in [0.5, 0.6) is 5.75 Å². The molecular weight excluding hydrogens is 335 g/mol. The van der Waals surface area contributed by atoms with E-state index in [0.717, 1.165) is 0 Å². The second-order valence-corrected chi connectivity index (χ2v) is 6.24. The van der Waals surface area contributed by atoms with Gasteiger partial charge in [0, 0.05) is 24.2 Å². The smallest absolute Gasteiger partial charge is 0.257 e. The third-order valence-corrected chi connectivity index (χ3v) is 3.84. The van der Waals surface area contributed by atoms with Crippen LogP contribution in [0.4, 0.5) is 10.1 Å². The van der Waals surface area contributed by atoms with E-state index in [-0.39, 0.29) is 17.9 Å². The zero-order valence-electron chi connectivity index (χ0n) is 14.7. The summed E-state index contributed by atoms with van der Waals surface area (Å²) in [7, 11) is 0. The van der Waals surface area contributed by atoms with Gasteiger partial charge in [-0.25, -0.2) is 4.39 Å². The zero-order valence-corrected chi connectivity index (χ0v) is 14.7. The highest BCUT2D eigenvalue weighted by Gasteiger charge is 2.17. The summed E-state index contributed by atoms with van der Waals surface area (Å²) in [5.41, 5.74) is 1.26. The Bertz CT molecular complexity index is 975. The van der Waals surface area contributed by atoms with Gasteiger partial charge in [0.25, 0.3) is 5.91 Å². The van der Waals surface area contributed by atoms with E-state index in [2.05, 4.69) is 5.32 Å². The Labute approximate surface area is 150 Å². The highest BCUT2D eigenvalue weighted by Crippen LogP contribution is 2.24. The maximum absolute atomic E-state index is 13.5. The standard InChI is InChI=1S/C20H19FN2O3/c1-12(2)26-16-7-5-15(6-8-16)22-20(25)18-11-23(13(3)24)19-10-14(21)4-9-17(18)19/h4-12H,1-3H3,(H,22,25). The lowest BCUT2D eigenvalue weighted by molar-refractivity contribution is 0.0941.